The van der Waals surface area contributed by atoms with E-state index in [-0.39, 0.29) is 5.75 Å². The van der Waals surface area contributed by atoms with Crippen LogP contribution in [-0.4, -0.2) is 29.7 Å². The molecule has 2 rings (SSSR count). The van der Waals surface area contributed by atoms with Crippen LogP contribution < -0.4 is 10.1 Å². The molecule has 1 aliphatic heterocycles. The van der Waals surface area contributed by atoms with Gasteiger partial charge in [-0.2, -0.15) is 8.78 Å². The molecule has 0 unspecified atom stereocenters. The van der Waals surface area contributed by atoms with Gasteiger partial charge in [0.15, 0.2) is 5.11 Å². The molecular weight excluding hydrogens is 294 g/mol. The number of halogens is 2. The molecule has 1 fully saturated rings. The van der Waals surface area contributed by atoms with Gasteiger partial charge in [-0.05, 0) is 49.3 Å². The highest BCUT2D eigenvalue weighted by Crippen LogP contribution is 2.18. The van der Waals surface area contributed by atoms with E-state index in [9.17, 15) is 8.78 Å². The van der Waals surface area contributed by atoms with Crippen LogP contribution in [0.25, 0.3) is 0 Å². The molecule has 3 nitrogen and oxygen atoms in total. The van der Waals surface area contributed by atoms with Crippen LogP contribution in [0.5, 0.6) is 5.75 Å². The van der Waals surface area contributed by atoms with Crippen molar-refractivity contribution in [3.05, 3.63) is 24.3 Å². The van der Waals surface area contributed by atoms with Crippen LogP contribution >= 0.6 is 12.2 Å². The summed E-state index contributed by atoms with van der Waals surface area (Å²) in [7, 11) is 0. The number of hydrogen-bond donors (Lipinski definition) is 1. The highest BCUT2D eigenvalue weighted by molar-refractivity contribution is 7.80. The van der Waals surface area contributed by atoms with Gasteiger partial charge in [-0.1, -0.05) is 19.3 Å². The van der Waals surface area contributed by atoms with Gasteiger partial charge >= 0.3 is 6.61 Å². The third-order valence-corrected chi connectivity index (χ3v) is 3.83. The molecule has 116 valence electrons. The van der Waals surface area contributed by atoms with Crippen molar-refractivity contribution in [2.45, 2.75) is 38.7 Å². The maximum Gasteiger partial charge on any atom is 0.387 e. The average molecular weight is 314 g/mol. The molecule has 0 amide bonds. The fraction of sp³-hybridized carbons (Fsp3) is 0.533. The van der Waals surface area contributed by atoms with Crippen molar-refractivity contribution in [2.24, 2.45) is 0 Å². The first-order chi connectivity index (χ1) is 10.1. The summed E-state index contributed by atoms with van der Waals surface area (Å²) in [6, 6.07) is 6.39. The Morgan fingerprint density at radius 2 is 1.62 bits per heavy atom. The van der Waals surface area contributed by atoms with Crippen LogP contribution in [0.3, 0.4) is 0 Å². The number of hydrogen-bond acceptors (Lipinski definition) is 2. The molecular formula is C15H20F2N2OS. The van der Waals surface area contributed by atoms with Crippen LogP contribution in [0.1, 0.15) is 32.1 Å². The fourth-order valence-electron chi connectivity index (χ4n) is 2.37. The van der Waals surface area contributed by atoms with Crippen LogP contribution in [0, 0.1) is 0 Å². The molecule has 0 saturated carbocycles. The SMILES string of the molecule is FC(F)Oc1ccc(NC(=S)N2CCCCCCC2)cc1. The fourth-order valence-corrected chi connectivity index (χ4v) is 2.67. The van der Waals surface area contributed by atoms with E-state index in [2.05, 4.69) is 15.0 Å². The molecule has 1 saturated heterocycles. The van der Waals surface area contributed by atoms with Gasteiger partial charge in [0.25, 0.3) is 0 Å². The quantitative estimate of drug-likeness (QED) is 0.843. The van der Waals surface area contributed by atoms with Gasteiger partial charge in [0.1, 0.15) is 5.75 Å². The van der Waals surface area contributed by atoms with Gasteiger partial charge in [0.05, 0.1) is 0 Å². The number of thiocarbonyl (C=S) groups is 1. The van der Waals surface area contributed by atoms with E-state index in [1.54, 1.807) is 12.1 Å². The Hall–Kier alpha value is -1.43. The maximum atomic E-state index is 12.1. The number of ether oxygens (including phenoxy) is 1. The van der Waals surface area contributed by atoms with E-state index >= 15 is 0 Å². The second-order valence-electron chi connectivity index (χ2n) is 5.09. The summed E-state index contributed by atoms with van der Waals surface area (Å²) in [5.41, 5.74) is 0.781. The van der Waals surface area contributed by atoms with Crippen LogP contribution in [0.15, 0.2) is 24.3 Å². The number of benzene rings is 1. The van der Waals surface area contributed by atoms with Crippen LogP contribution in [0.2, 0.25) is 0 Å². The molecule has 1 aromatic rings. The van der Waals surface area contributed by atoms with Gasteiger partial charge < -0.3 is 15.0 Å². The molecule has 21 heavy (non-hydrogen) atoms. The van der Waals surface area contributed by atoms with Gasteiger partial charge in [-0.25, -0.2) is 0 Å². The van der Waals surface area contributed by atoms with Crippen molar-refractivity contribution in [1.82, 2.24) is 4.90 Å². The van der Waals surface area contributed by atoms with E-state index in [0.717, 1.165) is 31.6 Å². The first-order valence-corrected chi connectivity index (χ1v) is 7.67. The smallest absolute Gasteiger partial charge is 0.387 e. The molecule has 6 heteroatoms. The van der Waals surface area contributed by atoms with E-state index in [0.29, 0.717) is 5.11 Å². The van der Waals surface area contributed by atoms with E-state index in [4.69, 9.17) is 12.2 Å². The van der Waals surface area contributed by atoms with Crippen molar-refractivity contribution in [2.75, 3.05) is 18.4 Å². The number of anilines is 1. The molecule has 0 atom stereocenters. The Balaban J connectivity index is 1.88. The number of alkyl halides is 2. The largest absolute Gasteiger partial charge is 0.435 e. The molecule has 0 aliphatic carbocycles. The van der Waals surface area contributed by atoms with Gasteiger partial charge in [-0.15, -0.1) is 0 Å². The normalized spacial score (nSPS) is 16.2. The summed E-state index contributed by atoms with van der Waals surface area (Å²) in [5, 5.41) is 3.85. The monoisotopic (exact) mass is 314 g/mol. The van der Waals surface area contributed by atoms with E-state index in [1.807, 2.05) is 0 Å². The summed E-state index contributed by atoms with van der Waals surface area (Å²) in [6.45, 7) is -0.859. The molecule has 1 aliphatic rings. The minimum atomic E-state index is -2.80. The van der Waals surface area contributed by atoms with E-state index in [1.165, 1.54) is 31.4 Å². The average Bonchev–Trinajstić information content (AvgIpc) is 2.40. The Morgan fingerprint density at radius 1 is 1.05 bits per heavy atom. The first kappa shape index (κ1) is 15.9. The zero-order chi connectivity index (χ0) is 15.1. The molecule has 0 bridgehead atoms. The van der Waals surface area contributed by atoms with Crippen molar-refractivity contribution in [1.29, 1.82) is 0 Å². The summed E-state index contributed by atoms with van der Waals surface area (Å²) in [5.74, 6) is 0.146. The van der Waals surface area contributed by atoms with Gasteiger partial charge in [-0.3, -0.25) is 0 Å². The lowest BCUT2D eigenvalue weighted by atomic mass is 10.1. The van der Waals surface area contributed by atoms with Crippen molar-refractivity contribution in [3.63, 3.8) is 0 Å². The maximum absolute atomic E-state index is 12.1. The topological polar surface area (TPSA) is 24.5 Å². The van der Waals surface area contributed by atoms with E-state index < -0.39 is 6.61 Å². The molecule has 1 N–H and O–H groups in total. The Bertz CT molecular complexity index is 445. The molecule has 0 spiro atoms. The highest BCUT2D eigenvalue weighted by atomic mass is 32.1. The third kappa shape index (κ3) is 5.46. The summed E-state index contributed by atoms with van der Waals surface area (Å²) >= 11 is 5.43. The number of nitrogens with zero attached hydrogens (tertiary/aromatic N) is 1. The Labute approximate surface area is 129 Å². The lowest BCUT2D eigenvalue weighted by Gasteiger charge is -2.27. The number of rotatable bonds is 3. The minimum absolute atomic E-state index is 0.146. The van der Waals surface area contributed by atoms with Crippen molar-refractivity contribution < 1.29 is 13.5 Å². The lowest BCUT2D eigenvalue weighted by molar-refractivity contribution is -0.0498. The molecule has 0 radical (unpaired) electrons. The highest BCUT2D eigenvalue weighted by Gasteiger charge is 2.12. The van der Waals surface area contributed by atoms with Gasteiger partial charge in [0.2, 0.25) is 0 Å². The third-order valence-electron chi connectivity index (χ3n) is 3.47. The summed E-state index contributed by atoms with van der Waals surface area (Å²) in [6.07, 6.45) is 6.11. The number of likely N-dealkylation sites (tertiary alicyclic amines) is 1. The predicted molar refractivity (Wildman–Crippen MR) is 84.0 cm³/mol. The molecule has 0 aromatic heterocycles. The van der Waals surface area contributed by atoms with Crippen molar-refractivity contribution >= 4 is 23.0 Å². The zero-order valence-corrected chi connectivity index (χ0v) is 12.7. The van der Waals surface area contributed by atoms with Crippen molar-refractivity contribution in [3.8, 4) is 5.75 Å². The number of nitrogens with one attached hydrogen (secondary N) is 1. The second kappa shape index (κ2) is 8.12. The second-order valence-corrected chi connectivity index (χ2v) is 5.47. The Kier molecular flexibility index (Phi) is 6.17. The molecule has 1 heterocycles. The lowest BCUT2D eigenvalue weighted by Crippen LogP contribution is -2.36. The first-order valence-electron chi connectivity index (χ1n) is 7.26. The van der Waals surface area contributed by atoms with Crippen LogP contribution in [0.4, 0.5) is 14.5 Å². The summed E-state index contributed by atoms with van der Waals surface area (Å²) < 4.78 is 28.5. The van der Waals surface area contributed by atoms with Gasteiger partial charge in [0, 0.05) is 18.8 Å². The minimum Gasteiger partial charge on any atom is -0.435 e. The molecule has 1 aromatic carbocycles. The Morgan fingerprint density at radius 3 is 2.19 bits per heavy atom. The van der Waals surface area contributed by atoms with Crippen LogP contribution in [-0.2, 0) is 0 Å². The standard InChI is InChI=1S/C15H20F2N2OS/c16-14(17)20-13-8-6-12(7-9-13)18-15(21)19-10-4-2-1-3-5-11-19/h6-9,14H,1-5,10-11H2,(H,18,21). The zero-order valence-electron chi connectivity index (χ0n) is 11.9. The predicted octanol–water partition coefficient (Wildman–Crippen LogP) is 4.25. The summed E-state index contributed by atoms with van der Waals surface area (Å²) in [4.78, 5) is 2.18.